The maximum absolute atomic E-state index is 13.6. The van der Waals surface area contributed by atoms with Gasteiger partial charge in [0.05, 0.1) is 6.54 Å². The lowest BCUT2D eigenvalue weighted by Gasteiger charge is -2.57. The highest BCUT2D eigenvalue weighted by atomic mass is 19.4. The Hall–Kier alpha value is -1.33. The second-order valence-electron chi connectivity index (χ2n) is 12.7. The zero-order valence-electron chi connectivity index (χ0n) is 20.0. The van der Waals surface area contributed by atoms with Crippen molar-refractivity contribution in [1.29, 1.82) is 0 Å². The first-order chi connectivity index (χ1) is 15.6. The zero-order chi connectivity index (χ0) is 23.3. The summed E-state index contributed by atoms with van der Waals surface area (Å²) in [6.45, 7) is 7.05. The Labute approximate surface area is 194 Å². The number of nitrogens with zero attached hydrogens (tertiary/aromatic N) is 2. The highest BCUT2D eigenvalue weighted by Gasteiger charge is 2.73. The first kappa shape index (κ1) is 22.2. The Morgan fingerprint density at radius 2 is 1.85 bits per heavy atom. The van der Waals surface area contributed by atoms with Gasteiger partial charge in [0.15, 0.2) is 11.5 Å². The van der Waals surface area contributed by atoms with Crippen LogP contribution in [0.3, 0.4) is 0 Å². The molecule has 1 aromatic heterocycles. The SMILES string of the molecule is C[C@H]1CC[C@H]2[C@H](CC[C@@H]3[C@@H]2CC[C@@]2(C)[C@H]3[C@@H]3[C@H](C)[C@@H]3[C@@H]2C(=O)Cn2ccc(C(F)(F)F)n2)C1. The second kappa shape index (κ2) is 7.34. The summed E-state index contributed by atoms with van der Waals surface area (Å²) in [5.74, 6) is 6.58. The third-order valence-corrected chi connectivity index (χ3v) is 11.1. The summed E-state index contributed by atoms with van der Waals surface area (Å²) in [4.78, 5) is 13.6. The van der Waals surface area contributed by atoms with E-state index in [1.54, 1.807) is 0 Å². The molecule has 5 saturated carbocycles. The fourth-order valence-electron chi connectivity index (χ4n) is 9.95. The minimum Gasteiger partial charge on any atom is -0.297 e. The summed E-state index contributed by atoms with van der Waals surface area (Å²) in [7, 11) is 0. The van der Waals surface area contributed by atoms with Crippen LogP contribution in [0.1, 0.15) is 71.4 Å². The predicted molar refractivity (Wildman–Crippen MR) is 119 cm³/mol. The van der Waals surface area contributed by atoms with Crippen molar-refractivity contribution in [2.45, 2.75) is 78.4 Å². The first-order valence-electron chi connectivity index (χ1n) is 13.2. The lowest BCUT2D eigenvalue weighted by molar-refractivity contribution is -0.142. The van der Waals surface area contributed by atoms with Gasteiger partial charge in [-0.05, 0) is 103 Å². The quantitative estimate of drug-likeness (QED) is 0.515. The van der Waals surface area contributed by atoms with Crippen molar-refractivity contribution < 1.29 is 18.0 Å². The van der Waals surface area contributed by atoms with Crippen LogP contribution in [-0.2, 0) is 17.5 Å². The van der Waals surface area contributed by atoms with E-state index in [9.17, 15) is 18.0 Å². The molecule has 5 aliphatic carbocycles. The van der Waals surface area contributed by atoms with Crippen molar-refractivity contribution in [1.82, 2.24) is 9.78 Å². The molecule has 3 nitrogen and oxygen atoms in total. The van der Waals surface area contributed by atoms with E-state index in [1.807, 2.05) is 0 Å². The molecular formula is C27H37F3N2O. The number of ketones is 1. The van der Waals surface area contributed by atoms with Crippen LogP contribution >= 0.6 is 0 Å². The zero-order valence-corrected chi connectivity index (χ0v) is 20.0. The monoisotopic (exact) mass is 462 g/mol. The molecule has 11 atom stereocenters. The minimum atomic E-state index is -4.47. The van der Waals surface area contributed by atoms with Gasteiger partial charge >= 0.3 is 6.18 Å². The van der Waals surface area contributed by atoms with Gasteiger partial charge < -0.3 is 0 Å². The normalized spacial score (nSPS) is 48.4. The summed E-state index contributed by atoms with van der Waals surface area (Å²) < 4.78 is 40.1. The molecule has 182 valence electrons. The largest absolute Gasteiger partial charge is 0.435 e. The molecule has 6 heteroatoms. The Bertz CT molecular complexity index is 940. The van der Waals surface area contributed by atoms with E-state index in [1.165, 1.54) is 49.4 Å². The summed E-state index contributed by atoms with van der Waals surface area (Å²) >= 11 is 0. The van der Waals surface area contributed by atoms with Gasteiger partial charge in [0, 0.05) is 12.1 Å². The Kier molecular flexibility index (Phi) is 4.92. The van der Waals surface area contributed by atoms with E-state index in [0.717, 1.165) is 42.1 Å². The Morgan fingerprint density at radius 3 is 2.58 bits per heavy atom. The van der Waals surface area contributed by atoms with Crippen molar-refractivity contribution in [2.24, 2.45) is 64.6 Å². The van der Waals surface area contributed by atoms with E-state index in [0.29, 0.717) is 23.7 Å². The lowest BCUT2D eigenvalue weighted by Crippen LogP contribution is -2.51. The van der Waals surface area contributed by atoms with Gasteiger partial charge in [0.1, 0.15) is 0 Å². The van der Waals surface area contributed by atoms with Crippen molar-refractivity contribution >= 4 is 5.78 Å². The second-order valence-corrected chi connectivity index (χ2v) is 12.7. The summed E-state index contributed by atoms with van der Waals surface area (Å²) in [5, 5.41) is 3.66. The molecule has 0 bridgehead atoms. The topological polar surface area (TPSA) is 34.9 Å². The van der Waals surface area contributed by atoms with Crippen molar-refractivity contribution in [3.8, 4) is 0 Å². The standard InChI is InChI=1S/C27H37F3N2O/c1-14-4-6-17-16(12-14)5-7-19-18(17)8-10-26(3)24(19)22-15(2)23(22)25(26)20(33)13-32-11-9-21(31-32)27(28,29)30/h9,11,14-19,22-25H,4-8,10,12-13H2,1-3H3/t14-,15-,16+,17-,18+,19+,22+,23-,24+,25-,26-/m0/s1. The molecule has 1 aromatic rings. The number of carbonyl (C=O) groups excluding carboxylic acids is 1. The van der Waals surface area contributed by atoms with Crippen LogP contribution in [0, 0.1) is 64.6 Å². The van der Waals surface area contributed by atoms with Crippen LogP contribution in [0.2, 0.25) is 0 Å². The van der Waals surface area contributed by atoms with Crippen molar-refractivity contribution in [3.63, 3.8) is 0 Å². The highest BCUT2D eigenvalue weighted by molar-refractivity contribution is 5.83. The molecule has 0 radical (unpaired) electrons. The van der Waals surface area contributed by atoms with E-state index >= 15 is 0 Å². The number of hydrogen-bond donors (Lipinski definition) is 0. The molecular weight excluding hydrogens is 425 g/mol. The lowest BCUT2D eigenvalue weighted by atomic mass is 9.47. The molecule has 0 spiro atoms. The van der Waals surface area contributed by atoms with E-state index in [-0.39, 0.29) is 23.7 Å². The number of carbonyl (C=O) groups is 1. The molecule has 5 aliphatic rings. The molecule has 0 aromatic carbocycles. The maximum atomic E-state index is 13.6. The number of alkyl halides is 3. The van der Waals surface area contributed by atoms with Gasteiger partial charge in [-0.25, -0.2) is 0 Å². The molecule has 33 heavy (non-hydrogen) atoms. The summed E-state index contributed by atoms with van der Waals surface area (Å²) in [5.41, 5.74) is -0.905. The number of halogens is 3. The molecule has 0 N–H and O–H groups in total. The number of fused-ring (bicyclic) bond motifs is 7. The molecule has 0 unspecified atom stereocenters. The van der Waals surface area contributed by atoms with Crippen molar-refractivity contribution in [3.05, 3.63) is 18.0 Å². The molecule has 6 rings (SSSR count). The van der Waals surface area contributed by atoms with Gasteiger partial charge in [-0.3, -0.25) is 9.48 Å². The molecule has 5 fully saturated rings. The Balaban J connectivity index is 1.23. The first-order valence-corrected chi connectivity index (χ1v) is 13.2. The molecule has 0 aliphatic heterocycles. The van der Waals surface area contributed by atoms with Crippen LogP contribution in [0.25, 0.3) is 0 Å². The smallest absolute Gasteiger partial charge is 0.297 e. The summed E-state index contributed by atoms with van der Waals surface area (Å²) in [6.07, 6.45) is 6.05. The summed E-state index contributed by atoms with van der Waals surface area (Å²) in [6, 6.07) is 0.976. The number of hydrogen-bond acceptors (Lipinski definition) is 2. The number of aromatic nitrogens is 2. The van der Waals surface area contributed by atoms with E-state index < -0.39 is 11.9 Å². The fourth-order valence-corrected chi connectivity index (χ4v) is 9.95. The third kappa shape index (κ3) is 3.28. The van der Waals surface area contributed by atoms with Crippen LogP contribution in [-0.4, -0.2) is 15.6 Å². The van der Waals surface area contributed by atoms with Gasteiger partial charge in [-0.15, -0.1) is 0 Å². The average Bonchev–Trinajstić information content (AvgIpc) is 3.10. The van der Waals surface area contributed by atoms with Crippen LogP contribution in [0.4, 0.5) is 13.2 Å². The van der Waals surface area contributed by atoms with E-state index in [2.05, 4.69) is 25.9 Å². The van der Waals surface area contributed by atoms with E-state index in [4.69, 9.17) is 0 Å². The maximum Gasteiger partial charge on any atom is 0.435 e. The van der Waals surface area contributed by atoms with Gasteiger partial charge in [-0.2, -0.15) is 18.3 Å². The predicted octanol–water partition coefficient (Wildman–Crippen LogP) is 6.48. The van der Waals surface area contributed by atoms with Gasteiger partial charge in [0.25, 0.3) is 0 Å². The van der Waals surface area contributed by atoms with Crippen LogP contribution in [0.5, 0.6) is 0 Å². The van der Waals surface area contributed by atoms with Crippen molar-refractivity contribution in [2.75, 3.05) is 0 Å². The molecule has 0 amide bonds. The van der Waals surface area contributed by atoms with Gasteiger partial charge in [0.2, 0.25) is 0 Å². The average molecular weight is 463 g/mol. The van der Waals surface area contributed by atoms with Gasteiger partial charge in [-0.1, -0.05) is 27.2 Å². The molecule has 0 saturated heterocycles. The number of Topliss-reactive ketones (excluding diaryl/α,β-unsaturated/α-hetero) is 1. The highest BCUT2D eigenvalue weighted by Crippen LogP contribution is 2.76. The minimum absolute atomic E-state index is 0.00883. The Morgan fingerprint density at radius 1 is 1.09 bits per heavy atom. The fraction of sp³-hybridized carbons (Fsp3) is 0.852. The molecule has 1 heterocycles. The number of rotatable bonds is 3. The van der Waals surface area contributed by atoms with Crippen LogP contribution < -0.4 is 0 Å². The third-order valence-electron chi connectivity index (χ3n) is 11.1. The van der Waals surface area contributed by atoms with Crippen LogP contribution in [0.15, 0.2) is 12.3 Å².